The molecule has 0 aliphatic carbocycles. The normalized spacial score (nSPS) is 14.3. The standard InChI is InChI=1S/C19H21F3N2O3S/c1-13(15-8-4-3-5-9-15)12-23-18(25)14(2)24-28(26,27)17-11-7-6-10-16(17)19(20,21)22/h3-11,13-14,24H,12H2,1-2H3,(H,23,25). The summed E-state index contributed by atoms with van der Waals surface area (Å²) < 4.78 is 66.0. The smallest absolute Gasteiger partial charge is 0.354 e. The van der Waals surface area contributed by atoms with Crippen LogP contribution in [0.15, 0.2) is 59.5 Å². The summed E-state index contributed by atoms with van der Waals surface area (Å²) >= 11 is 0. The highest BCUT2D eigenvalue weighted by atomic mass is 32.2. The van der Waals surface area contributed by atoms with Crippen LogP contribution in [0.4, 0.5) is 13.2 Å². The van der Waals surface area contributed by atoms with Crippen LogP contribution in [0.3, 0.4) is 0 Å². The van der Waals surface area contributed by atoms with Crippen LogP contribution < -0.4 is 10.0 Å². The van der Waals surface area contributed by atoms with Gasteiger partial charge >= 0.3 is 6.18 Å². The molecule has 0 heterocycles. The van der Waals surface area contributed by atoms with Crippen molar-refractivity contribution in [2.75, 3.05) is 6.54 Å². The van der Waals surface area contributed by atoms with Crippen molar-refractivity contribution in [3.8, 4) is 0 Å². The van der Waals surface area contributed by atoms with Gasteiger partial charge in [0.15, 0.2) is 0 Å². The van der Waals surface area contributed by atoms with E-state index in [1.54, 1.807) is 0 Å². The summed E-state index contributed by atoms with van der Waals surface area (Å²) in [4.78, 5) is 11.3. The van der Waals surface area contributed by atoms with Gasteiger partial charge in [-0.05, 0) is 30.5 Å². The molecule has 2 N–H and O–H groups in total. The first-order valence-electron chi connectivity index (χ1n) is 8.53. The molecule has 28 heavy (non-hydrogen) atoms. The molecule has 0 radical (unpaired) electrons. The van der Waals surface area contributed by atoms with Gasteiger partial charge < -0.3 is 5.32 Å². The molecule has 2 unspecified atom stereocenters. The monoisotopic (exact) mass is 414 g/mol. The Morgan fingerprint density at radius 2 is 1.57 bits per heavy atom. The molecule has 0 aliphatic heterocycles. The van der Waals surface area contributed by atoms with Gasteiger partial charge in [-0.3, -0.25) is 4.79 Å². The van der Waals surface area contributed by atoms with Crippen LogP contribution in [0.1, 0.15) is 30.9 Å². The topological polar surface area (TPSA) is 75.3 Å². The molecule has 2 atom stereocenters. The minimum absolute atomic E-state index is 0.0140. The van der Waals surface area contributed by atoms with E-state index in [2.05, 4.69) is 5.32 Å². The summed E-state index contributed by atoms with van der Waals surface area (Å²) in [7, 11) is -4.54. The fraction of sp³-hybridized carbons (Fsp3) is 0.316. The Hall–Kier alpha value is -2.39. The molecule has 2 aromatic rings. The predicted molar refractivity (Wildman–Crippen MR) is 99.1 cm³/mol. The Bertz CT molecular complexity index is 916. The van der Waals surface area contributed by atoms with Crippen LogP contribution in [0.2, 0.25) is 0 Å². The van der Waals surface area contributed by atoms with E-state index in [-0.39, 0.29) is 12.5 Å². The summed E-state index contributed by atoms with van der Waals surface area (Å²) in [5, 5.41) is 2.61. The van der Waals surface area contributed by atoms with Gasteiger partial charge in [0.1, 0.15) is 0 Å². The van der Waals surface area contributed by atoms with Crippen molar-refractivity contribution in [2.24, 2.45) is 0 Å². The molecule has 0 bridgehead atoms. The third-order valence-electron chi connectivity index (χ3n) is 4.16. The highest BCUT2D eigenvalue weighted by Gasteiger charge is 2.37. The lowest BCUT2D eigenvalue weighted by Crippen LogP contribution is -2.45. The van der Waals surface area contributed by atoms with E-state index in [1.165, 1.54) is 13.0 Å². The van der Waals surface area contributed by atoms with Crippen LogP contribution in [0.25, 0.3) is 0 Å². The molecular weight excluding hydrogens is 393 g/mol. The fourth-order valence-electron chi connectivity index (χ4n) is 2.59. The Morgan fingerprint density at radius 1 is 1.00 bits per heavy atom. The lowest BCUT2D eigenvalue weighted by molar-refractivity contribution is -0.139. The van der Waals surface area contributed by atoms with Gasteiger partial charge in [0.05, 0.1) is 16.5 Å². The molecule has 0 aliphatic rings. The number of benzene rings is 2. The number of amides is 1. The zero-order chi connectivity index (χ0) is 20.9. The Balaban J connectivity index is 2.05. The number of nitrogens with one attached hydrogen (secondary N) is 2. The molecule has 1 amide bonds. The first-order chi connectivity index (χ1) is 13.0. The maximum absolute atomic E-state index is 13.1. The minimum Gasteiger partial charge on any atom is -0.354 e. The minimum atomic E-state index is -4.83. The molecule has 0 aromatic heterocycles. The summed E-state index contributed by atoms with van der Waals surface area (Å²) in [5.41, 5.74) is -0.289. The number of hydrogen-bond donors (Lipinski definition) is 2. The lowest BCUT2D eigenvalue weighted by atomic mass is 10.0. The van der Waals surface area contributed by atoms with E-state index in [0.29, 0.717) is 6.07 Å². The number of hydrogen-bond acceptors (Lipinski definition) is 3. The van der Waals surface area contributed by atoms with Crippen molar-refractivity contribution in [1.29, 1.82) is 0 Å². The average Bonchev–Trinajstić information content (AvgIpc) is 2.65. The van der Waals surface area contributed by atoms with Crippen molar-refractivity contribution in [3.05, 3.63) is 65.7 Å². The fourth-order valence-corrected chi connectivity index (χ4v) is 4.02. The third kappa shape index (κ3) is 5.56. The molecule has 0 spiro atoms. The van der Waals surface area contributed by atoms with Gasteiger partial charge in [-0.25, -0.2) is 8.42 Å². The molecule has 0 fully saturated rings. The van der Waals surface area contributed by atoms with Crippen LogP contribution >= 0.6 is 0 Å². The molecule has 5 nitrogen and oxygen atoms in total. The number of rotatable bonds is 7. The van der Waals surface area contributed by atoms with Crippen LogP contribution in [0.5, 0.6) is 0 Å². The molecule has 0 saturated carbocycles. The molecule has 2 rings (SSSR count). The van der Waals surface area contributed by atoms with E-state index < -0.39 is 38.6 Å². The maximum atomic E-state index is 13.1. The second-order valence-electron chi connectivity index (χ2n) is 6.39. The van der Waals surface area contributed by atoms with E-state index in [4.69, 9.17) is 0 Å². The Morgan fingerprint density at radius 3 is 2.18 bits per heavy atom. The second kappa shape index (κ2) is 8.74. The van der Waals surface area contributed by atoms with Crippen LogP contribution in [-0.4, -0.2) is 26.9 Å². The van der Waals surface area contributed by atoms with Crippen LogP contribution in [-0.2, 0) is 21.0 Å². The van der Waals surface area contributed by atoms with Gasteiger partial charge in [-0.1, -0.05) is 49.4 Å². The number of carbonyl (C=O) groups excluding carboxylic acids is 1. The van der Waals surface area contributed by atoms with E-state index in [0.717, 1.165) is 17.7 Å². The van der Waals surface area contributed by atoms with Crippen LogP contribution in [0, 0.1) is 0 Å². The van der Waals surface area contributed by atoms with Crippen molar-refractivity contribution in [3.63, 3.8) is 0 Å². The molecule has 2 aromatic carbocycles. The lowest BCUT2D eigenvalue weighted by Gasteiger charge is -2.18. The van der Waals surface area contributed by atoms with E-state index in [1.807, 2.05) is 42.0 Å². The van der Waals surface area contributed by atoms with Gasteiger partial charge in [-0.2, -0.15) is 17.9 Å². The molecule has 152 valence electrons. The number of sulfonamides is 1. The summed E-state index contributed by atoms with van der Waals surface area (Å²) in [6, 6.07) is 12.0. The highest BCUT2D eigenvalue weighted by Crippen LogP contribution is 2.33. The zero-order valence-electron chi connectivity index (χ0n) is 15.3. The van der Waals surface area contributed by atoms with Crippen molar-refractivity contribution >= 4 is 15.9 Å². The highest BCUT2D eigenvalue weighted by molar-refractivity contribution is 7.89. The van der Waals surface area contributed by atoms with Gasteiger partial charge in [-0.15, -0.1) is 0 Å². The van der Waals surface area contributed by atoms with Gasteiger partial charge in [0.25, 0.3) is 0 Å². The first kappa shape index (κ1) is 21.9. The Kier molecular flexibility index (Phi) is 6.84. The quantitative estimate of drug-likeness (QED) is 0.730. The van der Waals surface area contributed by atoms with Crippen molar-refractivity contribution < 1.29 is 26.4 Å². The summed E-state index contributed by atoms with van der Waals surface area (Å²) in [5.74, 6) is -0.643. The number of carbonyl (C=O) groups is 1. The SMILES string of the molecule is CC(NS(=O)(=O)c1ccccc1C(F)(F)F)C(=O)NCC(C)c1ccccc1. The molecule has 0 saturated heterocycles. The van der Waals surface area contributed by atoms with Gasteiger partial charge in [0.2, 0.25) is 15.9 Å². The third-order valence-corrected chi connectivity index (χ3v) is 5.76. The van der Waals surface area contributed by atoms with E-state index >= 15 is 0 Å². The van der Waals surface area contributed by atoms with Gasteiger partial charge in [0, 0.05) is 6.54 Å². The van der Waals surface area contributed by atoms with E-state index in [9.17, 15) is 26.4 Å². The van der Waals surface area contributed by atoms with Crippen molar-refractivity contribution in [2.45, 2.75) is 36.9 Å². The largest absolute Gasteiger partial charge is 0.417 e. The number of halogens is 3. The zero-order valence-corrected chi connectivity index (χ0v) is 16.1. The summed E-state index contributed by atoms with van der Waals surface area (Å²) in [6.45, 7) is 3.42. The second-order valence-corrected chi connectivity index (χ2v) is 8.08. The Labute approximate surface area is 162 Å². The maximum Gasteiger partial charge on any atom is 0.417 e. The summed E-state index contributed by atoms with van der Waals surface area (Å²) in [6.07, 6.45) is -4.83. The average molecular weight is 414 g/mol. The predicted octanol–water partition coefficient (Wildman–Crippen LogP) is 3.29. The van der Waals surface area contributed by atoms with Crippen molar-refractivity contribution in [1.82, 2.24) is 10.0 Å². The number of alkyl halides is 3. The first-order valence-corrected chi connectivity index (χ1v) is 10.0. The molecular formula is C19H21F3N2O3S. The molecule has 9 heteroatoms.